The van der Waals surface area contributed by atoms with Crippen LogP contribution >= 0.6 is 0 Å². The maximum atomic E-state index is 16.0. The number of fused-ring (bicyclic) bond motifs is 1. The lowest BCUT2D eigenvalue weighted by Crippen LogP contribution is -2.59. The maximum absolute atomic E-state index is 16.0. The molecule has 1 aromatic carbocycles. The van der Waals surface area contributed by atoms with E-state index in [1.54, 1.807) is 32.8 Å². The van der Waals surface area contributed by atoms with Gasteiger partial charge in [0.2, 0.25) is 11.6 Å². The first-order valence-electron chi connectivity index (χ1n) is 13.6. The third-order valence-corrected chi connectivity index (χ3v) is 7.23. The lowest BCUT2D eigenvalue weighted by molar-refractivity contribution is -0.162. The Hall–Kier alpha value is -3.14. The number of aromatic nitrogens is 1. The highest BCUT2D eigenvalue weighted by molar-refractivity contribution is 5.87. The van der Waals surface area contributed by atoms with E-state index in [0.29, 0.717) is 13.2 Å². The zero-order valence-electron chi connectivity index (χ0n) is 23.6. The minimum atomic E-state index is -2.50. The molecule has 39 heavy (non-hydrogen) atoms. The van der Waals surface area contributed by atoms with E-state index in [2.05, 4.69) is 16.8 Å². The summed E-state index contributed by atoms with van der Waals surface area (Å²) in [5, 5.41) is 1.06. The molecule has 10 heteroatoms. The minimum Gasteiger partial charge on any atom is -0.467 e. The normalized spacial score (nSPS) is 21.6. The molecule has 1 saturated heterocycles. The van der Waals surface area contributed by atoms with E-state index < -0.39 is 35.8 Å². The van der Waals surface area contributed by atoms with Crippen molar-refractivity contribution < 1.29 is 33.0 Å². The molecule has 2 atom stereocenters. The summed E-state index contributed by atoms with van der Waals surface area (Å²) >= 11 is 0. The lowest BCUT2D eigenvalue weighted by Gasteiger charge is -2.41. The van der Waals surface area contributed by atoms with Crippen LogP contribution in [0.2, 0.25) is 0 Å². The molecule has 2 amide bonds. The number of hydrogen-bond donors (Lipinski definition) is 0. The van der Waals surface area contributed by atoms with Crippen LogP contribution in [0, 0.1) is 5.92 Å². The Labute approximate surface area is 229 Å². The summed E-state index contributed by atoms with van der Waals surface area (Å²) in [4.78, 5) is 42.3. The number of para-hydroxylation sites is 1. The van der Waals surface area contributed by atoms with Gasteiger partial charge in [0.15, 0.2) is 0 Å². The summed E-state index contributed by atoms with van der Waals surface area (Å²) < 4.78 is 33.5. The van der Waals surface area contributed by atoms with Gasteiger partial charge in [-0.2, -0.15) is 0 Å². The van der Waals surface area contributed by atoms with Crippen LogP contribution in [0.1, 0.15) is 52.0 Å². The van der Waals surface area contributed by atoms with Gasteiger partial charge in [-0.1, -0.05) is 18.2 Å². The second-order valence-electron chi connectivity index (χ2n) is 11.6. The van der Waals surface area contributed by atoms with Crippen LogP contribution in [-0.4, -0.2) is 83.6 Å². The lowest BCUT2D eigenvalue weighted by atomic mass is 9.85. The largest absolute Gasteiger partial charge is 0.467 e. The number of rotatable bonds is 9. The summed E-state index contributed by atoms with van der Waals surface area (Å²) in [6.07, 6.45) is 3.54. The van der Waals surface area contributed by atoms with Crippen molar-refractivity contribution in [1.29, 1.82) is 0 Å². The molecule has 0 radical (unpaired) electrons. The zero-order chi connectivity index (χ0) is 28.4. The van der Waals surface area contributed by atoms with E-state index in [9.17, 15) is 14.4 Å². The highest BCUT2D eigenvalue weighted by Gasteiger charge is 2.52. The Kier molecular flexibility index (Phi) is 8.54. The number of likely N-dealkylation sites (tertiary alicyclic amines) is 1. The van der Waals surface area contributed by atoms with Crippen molar-refractivity contribution in [2.45, 2.75) is 76.9 Å². The molecule has 0 unspecified atom stereocenters. The van der Waals surface area contributed by atoms with Crippen molar-refractivity contribution in [2.75, 3.05) is 33.9 Å². The Morgan fingerprint density at radius 1 is 1.15 bits per heavy atom. The summed E-state index contributed by atoms with van der Waals surface area (Å²) in [6.45, 7) is 6.37. The first-order chi connectivity index (χ1) is 18.5. The number of methoxy groups -OCH3 is 2. The number of esters is 1. The smallest absolute Gasteiger partial charge is 0.410 e. The van der Waals surface area contributed by atoms with E-state index in [4.69, 9.17) is 14.2 Å². The Morgan fingerprint density at radius 3 is 2.51 bits per heavy atom. The number of benzene rings is 1. The predicted molar refractivity (Wildman–Crippen MR) is 144 cm³/mol. The fraction of sp³-hybridized carbons (Fsp3) is 0.621. The number of carbonyl (C=O) groups excluding carboxylic acids is 3. The van der Waals surface area contributed by atoms with Crippen LogP contribution in [-0.2, 0) is 36.9 Å². The van der Waals surface area contributed by atoms with Gasteiger partial charge in [-0.3, -0.25) is 4.79 Å². The standard InChI is InChI=1S/C29H40FN3O6/c1-28(2,3)39-27(36)32-16-20(15-29(30,19-32)26(35)38-5)25(34)33(22-11-12-22)18-21-17-31(13-8-14-37-4)24-10-7-6-9-23(21)24/h6-7,9-10,17,20,22H,8,11-16,18-19H2,1-5H3/t20-,29+/m1/s1. The summed E-state index contributed by atoms with van der Waals surface area (Å²) in [7, 11) is 2.78. The second kappa shape index (κ2) is 11.5. The van der Waals surface area contributed by atoms with Crippen molar-refractivity contribution in [3.05, 3.63) is 36.0 Å². The summed E-state index contributed by atoms with van der Waals surface area (Å²) in [6, 6.07) is 8.10. The molecule has 4 rings (SSSR count). The second-order valence-corrected chi connectivity index (χ2v) is 11.6. The van der Waals surface area contributed by atoms with E-state index in [0.717, 1.165) is 54.3 Å². The fourth-order valence-corrected chi connectivity index (χ4v) is 5.32. The number of halogens is 1. The molecule has 0 spiro atoms. The molecule has 1 aliphatic carbocycles. The number of aryl methyl sites for hydroxylation is 1. The van der Waals surface area contributed by atoms with Crippen molar-refractivity contribution in [3.8, 4) is 0 Å². The van der Waals surface area contributed by atoms with Crippen molar-refractivity contribution in [3.63, 3.8) is 0 Å². The van der Waals surface area contributed by atoms with Gasteiger partial charge in [-0.25, -0.2) is 14.0 Å². The van der Waals surface area contributed by atoms with Crippen LogP contribution in [0.3, 0.4) is 0 Å². The van der Waals surface area contributed by atoms with Crippen molar-refractivity contribution in [1.82, 2.24) is 14.4 Å². The summed E-state index contributed by atoms with van der Waals surface area (Å²) in [5.41, 5.74) is -1.23. The van der Waals surface area contributed by atoms with Crippen LogP contribution < -0.4 is 0 Å². The quantitative estimate of drug-likeness (QED) is 0.345. The molecule has 2 aliphatic rings. The Balaban J connectivity index is 1.60. The van der Waals surface area contributed by atoms with Gasteiger partial charge in [-0.05, 0) is 51.7 Å². The van der Waals surface area contributed by atoms with E-state index in [-0.39, 0.29) is 24.9 Å². The van der Waals surface area contributed by atoms with Gasteiger partial charge in [0.05, 0.1) is 19.6 Å². The Bertz CT molecular complexity index is 1200. The topological polar surface area (TPSA) is 90.3 Å². The van der Waals surface area contributed by atoms with Gasteiger partial charge in [0.25, 0.3) is 0 Å². The van der Waals surface area contributed by atoms with Gasteiger partial charge in [0, 0.05) is 62.9 Å². The average Bonchev–Trinajstić information content (AvgIpc) is 3.68. The number of alkyl halides is 1. The maximum Gasteiger partial charge on any atom is 0.410 e. The number of hydrogen-bond acceptors (Lipinski definition) is 6. The number of ether oxygens (including phenoxy) is 3. The van der Waals surface area contributed by atoms with Crippen LogP contribution in [0.5, 0.6) is 0 Å². The number of piperidine rings is 1. The Morgan fingerprint density at radius 2 is 1.87 bits per heavy atom. The molecular formula is C29H40FN3O6. The molecule has 0 N–H and O–H groups in total. The van der Waals surface area contributed by atoms with E-state index in [1.807, 2.05) is 18.2 Å². The van der Waals surface area contributed by atoms with Crippen LogP contribution in [0.4, 0.5) is 9.18 Å². The molecule has 1 aromatic heterocycles. The van der Waals surface area contributed by atoms with Gasteiger partial charge in [0.1, 0.15) is 5.60 Å². The molecule has 2 aromatic rings. The highest BCUT2D eigenvalue weighted by atomic mass is 19.1. The van der Waals surface area contributed by atoms with Crippen molar-refractivity contribution >= 4 is 28.9 Å². The molecular weight excluding hydrogens is 505 g/mol. The summed E-state index contributed by atoms with van der Waals surface area (Å²) in [5.74, 6) is -2.27. The fourth-order valence-electron chi connectivity index (χ4n) is 5.32. The molecule has 1 aliphatic heterocycles. The average molecular weight is 546 g/mol. The van der Waals surface area contributed by atoms with Gasteiger partial charge < -0.3 is 28.6 Å². The third kappa shape index (κ3) is 6.72. The van der Waals surface area contributed by atoms with Gasteiger partial charge in [-0.15, -0.1) is 0 Å². The minimum absolute atomic E-state index is 0.0294. The van der Waals surface area contributed by atoms with E-state index in [1.165, 1.54) is 0 Å². The SMILES string of the molecule is COCCCn1cc(CN(C(=O)[C@H]2CN(C(=O)OC(C)(C)C)C[C@](F)(C(=O)OC)C2)C2CC2)c2ccccc21. The monoisotopic (exact) mass is 545 g/mol. The molecule has 214 valence electrons. The molecule has 2 fully saturated rings. The third-order valence-electron chi connectivity index (χ3n) is 7.23. The molecule has 1 saturated carbocycles. The number of carbonyl (C=O) groups is 3. The van der Waals surface area contributed by atoms with Crippen LogP contribution in [0.15, 0.2) is 30.5 Å². The van der Waals surface area contributed by atoms with Crippen molar-refractivity contribution in [2.24, 2.45) is 5.92 Å². The first kappa shape index (κ1) is 28.9. The molecule has 0 bridgehead atoms. The predicted octanol–water partition coefficient (Wildman–Crippen LogP) is 4.31. The van der Waals surface area contributed by atoms with Gasteiger partial charge >= 0.3 is 12.1 Å². The first-order valence-corrected chi connectivity index (χ1v) is 13.6. The zero-order valence-corrected chi connectivity index (χ0v) is 23.6. The molecule has 9 nitrogen and oxygen atoms in total. The van der Waals surface area contributed by atoms with E-state index >= 15 is 4.39 Å². The highest BCUT2D eigenvalue weighted by Crippen LogP contribution is 2.37. The number of nitrogens with zero attached hydrogens (tertiary/aromatic N) is 3. The van der Waals surface area contributed by atoms with Crippen LogP contribution in [0.25, 0.3) is 10.9 Å². The number of amides is 2. The molecule has 2 heterocycles.